The number of aryl methyl sites for hydroxylation is 3. The molecule has 4 heteroatoms. The van der Waals surface area contributed by atoms with Crippen molar-refractivity contribution in [3.63, 3.8) is 0 Å². The lowest BCUT2D eigenvalue weighted by Crippen LogP contribution is -2.28. The standard InChI is InChI=1S/C12H14N2OS/c1-7-10-11(8(2)16-7)13-9-5-3-4-6-14(9)12(10)15/h3-6H2,1-2H3. The van der Waals surface area contributed by atoms with Gasteiger partial charge >= 0.3 is 0 Å². The Labute approximate surface area is 97.7 Å². The van der Waals surface area contributed by atoms with Crippen LogP contribution in [0.4, 0.5) is 0 Å². The summed E-state index contributed by atoms with van der Waals surface area (Å²) in [6.45, 7) is 4.90. The minimum absolute atomic E-state index is 0.168. The Bertz CT molecular complexity index is 624. The van der Waals surface area contributed by atoms with Crippen LogP contribution >= 0.6 is 11.3 Å². The summed E-state index contributed by atoms with van der Waals surface area (Å²) in [4.78, 5) is 19.3. The Hall–Kier alpha value is -1.16. The second-order valence-corrected chi connectivity index (χ2v) is 5.81. The summed E-state index contributed by atoms with van der Waals surface area (Å²) in [5.74, 6) is 0.977. The van der Waals surface area contributed by atoms with Gasteiger partial charge in [0.15, 0.2) is 0 Å². The number of thiophene rings is 1. The average Bonchev–Trinajstić information content (AvgIpc) is 2.55. The molecular weight excluding hydrogens is 220 g/mol. The van der Waals surface area contributed by atoms with Crippen LogP contribution in [0.1, 0.15) is 28.4 Å². The molecule has 0 N–H and O–H groups in total. The van der Waals surface area contributed by atoms with Crippen LogP contribution < -0.4 is 5.56 Å². The van der Waals surface area contributed by atoms with Crippen LogP contribution in [0, 0.1) is 13.8 Å². The molecule has 0 aromatic carbocycles. The fraction of sp³-hybridized carbons (Fsp3) is 0.500. The number of hydrogen-bond donors (Lipinski definition) is 0. The molecule has 0 radical (unpaired) electrons. The third-order valence-electron chi connectivity index (χ3n) is 3.27. The SMILES string of the molecule is Cc1sc(C)c2c(=O)n3c(nc12)CCCC3. The number of hydrogen-bond acceptors (Lipinski definition) is 3. The van der Waals surface area contributed by atoms with Crippen LogP contribution in [0.25, 0.3) is 10.9 Å². The van der Waals surface area contributed by atoms with E-state index in [9.17, 15) is 4.79 Å². The van der Waals surface area contributed by atoms with Gasteiger partial charge in [0, 0.05) is 22.7 Å². The first kappa shape index (κ1) is 10.0. The molecular formula is C12H14N2OS. The maximum absolute atomic E-state index is 12.3. The smallest absolute Gasteiger partial charge is 0.262 e. The minimum Gasteiger partial charge on any atom is -0.296 e. The lowest BCUT2D eigenvalue weighted by atomic mass is 10.1. The lowest BCUT2D eigenvalue weighted by Gasteiger charge is -2.17. The van der Waals surface area contributed by atoms with E-state index in [-0.39, 0.29) is 5.56 Å². The number of fused-ring (bicyclic) bond motifs is 2. The van der Waals surface area contributed by atoms with E-state index in [1.807, 2.05) is 18.4 Å². The molecule has 16 heavy (non-hydrogen) atoms. The summed E-state index contributed by atoms with van der Waals surface area (Å²) in [7, 11) is 0. The topological polar surface area (TPSA) is 34.9 Å². The summed E-state index contributed by atoms with van der Waals surface area (Å²) in [5, 5.41) is 0.841. The lowest BCUT2D eigenvalue weighted by molar-refractivity contribution is 0.501. The van der Waals surface area contributed by atoms with E-state index in [1.165, 1.54) is 4.88 Å². The molecule has 1 aliphatic heterocycles. The normalized spacial score (nSPS) is 15.4. The van der Waals surface area contributed by atoms with E-state index in [0.29, 0.717) is 0 Å². The summed E-state index contributed by atoms with van der Waals surface area (Å²) < 4.78 is 1.87. The Morgan fingerprint density at radius 2 is 2.06 bits per heavy atom. The molecule has 0 atom stereocenters. The van der Waals surface area contributed by atoms with Gasteiger partial charge in [0.1, 0.15) is 5.82 Å². The maximum Gasteiger partial charge on any atom is 0.262 e. The van der Waals surface area contributed by atoms with Crippen LogP contribution in [-0.4, -0.2) is 9.55 Å². The molecule has 0 unspecified atom stereocenters. The predicted octanol–water partition coefficient (Wildman–Crippen LogP) is 2.41. The van der Waals surface area contributed by atoms with Gasteiger partial charge in [0.05, 0.1) is 10.9 Å². The summed E-state index contributed by atoms with van der Waals surface area (Å²) >= 11 is 1.68. The quantitative estimate of drug-likeness (QED) is 0.701. The molecule has 0 fully saturated rings. The number of rotatable bonds is 0. The van der Waals surface area contributed by atoms with Crippen molar-refractivity contribution in [2.45, 2.75) is 39.7 Å². The van der Waals surface area contributed by atoms with Gasteiger partial charge in [-0.25, -0.2) is 4.98 Å². The fourth-order valence-corrected chi connectivity index (χ4v) is 3.46. The third-order valence-corrected chi connectivity index (χ3v) is 4.28. The zero-order chi connectivity index (χ0) is 11.3. The molecule has 3 nitrogen and oxygen atoms in total. The first-order chi connectivity index (χ1) is 7.68. The van der Waals surface area contributed by atoms with E-state index in [4.69, 9.17) is 0 Å². The van der Waals surface area contributed by atoms with Gasteiger partial charge < -0.3 is 0 Å². The zero-order valence-corrected chi connectivity index (χ0v) is 10.4. The van der Waals surface area contributed by atoms with E-state index in [1.54, 1.807) is 11.3 Å². The molecule has 0 bridgehead atoms. The fourth-order valence-electron chi connectivity index (χ4n) is 2.47. The average molecular weight is 234 g/mol. The maximum atomic E-state index is 12.3. The van der Waals surface area contributed by atoms with Crippen molar-refractivity contribution < 1.29 is 0 Å². The van der Waals surface area contributed by atoms with Crippen molar-refractivity contribution in [1.82, 2.24) is 9.55 Å². The third kappa shape index (κ3) is 1.26. The molecule has 0 spiro atoms. The monoisotopic (exact) mass is 234 g/mol. The van der Waals surface area contributed by atoms with Gasteiger partial charge in [-0.3, -0.25) is 9.36 Å². The van der Waals surface area contributed by atoms with Gasteiger partial charge in [-0.2, -0.15) is 0 Å². The Kier molecular flexibility index (Phi) is 2.14. The largest absolute Gasteiger partial charge is 0.296 e. The van der Waals surface area contributed by atoms with Crippen LogP contribution in [0.15, 0.2) is 4.79 Å². The molecule has 84 valence electrons. The van der Waals surface area contributed by atoms with Crippen LogP contribution in [0.3, 0.4) is 0 Å². The second-order valence-electron chi connectivity index (χ2n) is 4.38. The predicted molar refractivity (Wildman–Crippen MR) is 66.3 cm³/mol. The molecule has 0 saturated carbocycles. The van der Waals surface area contributed by atoms with E-state index in [0.717, 1.165) is 47.4 Å². The second kappa shape index (κ2) is 3.42. The molecule has 1 aliphatic rings. The first-order valence-electron chi connectivity index (χ1n) is 5.68. The molecule has 0 saturated heterocycles. The molecule has 3 heterocycles. The van der Waals surface area contributed by atoms with E-state index in [2.05, 4.69) is 4.98 Å². The molecule has 2 aromatic rings. The van der Waals surface area contributed by atoms with Gasteiger partial charge in [-0.1, -0.05) is 0 Å². The number of aromatic nitrogens is 2. The number of nitrogens with zero attached hydrogens (tertiary/aromatic N) is 2. The van der Waals surface area contributed by atoms with E-state index < -0.39 is 0 Å². The van der Waals surface area contributed by atoms with Crippen LogP contribution in [0.2, 0.25) is 0 Å². The highest BCUT2D eigenvalue weighted by atomic mass is 32.1. The van der Waals surface area contributed by atoms with Crippen molar-refractivity contribution in [1.29, 1.82) is 0 Å². The molecule has 0 aliphatic carbocycles. The van der Waals surface area contributed by atoms with Crippen molar-refractivity contribution in [2.75, 3.05) is 0 Å². The first-order valence-corrected chi connectivity index (χ1v) is 6.49. The minimum atomic E-state index is 0.168. The van der Waals surface area contributed by atoms with Crippen LogP contribution in [-0.2, 0) is 13.0 Å². The zero-order valence-electron chi connectivity index (χ0n) is 9.54. The van der Waals surface area contributed by atoms with Gasteiger partial charge in [-0.05, 0) is 26.7 Å². The van der Waals surface area contributed by atoms with E-state index >= 15 is 0 Å². The highest BCUT2D eigenvalue weighted by Crippen LogP contribution is 2.27. The Morgan fingerprint density at radius 3 is 2.88 bits per heavy atom. The molecule has 2 aromatic heterocycles. The summed E-state index contributed by atoms with van der Waals surface area (Å²) in [6, 6.07) is 0. The van der Waals surface area contributed by atoms with Crippen molar-refractivity contribution in [3.05, 3.63) is 25.9 Å². The Balaban J connectivity index is 2.46. The molecule has 3 rings (SSSR count). The van der Waals surface area contributed by atoms with Crippen LogP contribution in [0.5, 0.6) is 0 Å². The van der Waals surface area contributed by atoms with Crippen molar-refractivity contribution >= 4 is 22.2 Å². The van der Waals surface area contributed by atoms with Gasteiger partial charge in [0.2, 0.25) is 0 Å². The Morgan fingerprint density at radius 1 is 1.25 bits per heavy atom. The van der Waals surface area contributed by atoms with Crippen molar-refractivity contribution in [2.24, 2.45) is 0 Å². The van der Waals surface area contributed by atoms with Gasteiger partial charge in [-0.15, -0.1) is 11.3 Å². The van der Waals surface area contributed by atoms with Gasteiger partial charge in [0.25, 0.3) is 5.56 Å². The summed E-state index contributed by atoms with van der Waals surface area (Å²) in [5.41, 5.74) is 1.10. The summed E-state index contributed by atoms with van der Waals surface area (Å²) in [6.07, 6.45) is 3.20. The van der Waals surface area contributed by atoms with Crippen molar-refractivity contribution in [3.8, 4) is 0 Å². The highest BCUT2D eigenvalue weighted by molar-refractivity contribution is 7.13. The molecule has 0 amide bonds. The highest BCUT2D eigenvalue weighted by Gasteiger charge is 2.18.